The first-order valence-electron chi connectivity index (χ1n) is 5.12. The number of carboxylic acids is 1. The zero-order chi connectivity index (χ0) is 11.4. The quantitative estimate of drug-likeness (QED) is 0.823. The minimum absolute atomic E-state index is 0.488. The summed E-state index contributed by atoms with van der Waals surface area (Å²) < 4.78 is 0. The maximum absolute atomic E-state index is 10.9. The van der Waals surface area contributed by atoms with Crippen molar-refractivity contribution in [3.63, 3.8) is 0 Å². The van der Waals surface area contributed by atoms with Gasteiger partial charge in [0.2, 0.25) is 0 Å². The van der Waals surface area contributed by atoms with Crippen LogP contribution in [0, 0.1) is 6.92 Å². The SMILES string of the molecule is CCN(c1ccc(C)cc1)[C@H](C)C(=O)O. The van der Waals surface area contributed by atoms with Gasteiger partial charge in [-0.05, 0) is 32.9 Å². The van der Waals surface area contributed by atoms with Crippen molar-refractivity contribution in [1.82, 2.24) is 0 Å². The first kappa shape index (κ1) is 11.6. The van der Waals surface area contributed by atoms with E-state index in [1.54, 1.807) is 6.92 Å². The molecule has 82 valence electrons. The van der Waals surface area contributed by atoms with Crippen molar-refractivity contribution in [3.8, 4) is 0 Å². The lowest BCUT2D eigenvalue weighted by molar-refractivity contribution is -0.138. The van der Waals surface area contributed by atoms with Crippen LogP contribution in [0.25, 0.3) is 0 Å². The van der Waals surface area contributed by atoms with E-state index in [-0.39, 0.29) is 0 Å². The van der Waals surface area contributed by atoms with Gasteiger partial charge in [-0.3, -0.25) is 0 Å². The highest BCUT2D eigenvalue weighted by Gasteiger charge is 2.18. The predicted octanol–water partition coefficient (Wildman–Crippen LogP) is 2.29. The van der Waals surface area contributed by atoms with Gasteiger partial charge in [-0.15, -0.1) is 0 Å². The molecule has 0 saturated carbocycles. The maximum atomic E-state index is 10.9. The zero-order valence-corrected chi connectivity index (χ0v) is 9.40. The van der Waals surface area contributed by atoms with Crippen molar-refractivity contribution in [2.75, 3.05) is 11.4 Å². The Bertz CT molecular complexity index is 332. The lowest BCUT2D eigenvalue weighted by Crippen LogP contribution is -2.38. The number of hydrogen-bond donors (Lipinski definition) is 1. The van der Waals surface area contributed by atoms with Crippen LogP contribution in [-0.4, -0.2) is 23.7 Å². The van der Waals surface area contributed by atoms with Gasteiger partial charge in [0.15, 0.2) is 0 Å². The molecule has 15 heavy (non-hydrogen) atoms. The molecule has 0 aromatic heterocycles. The molecule has 1 N–H and O–H groups in total. The van der Waals surface area contributed by atoms with Crippen molar-refractivity contribution in [3.05, 3.63) is 29.8 Å². The molecule has 0 aliphatic heterocycles. The van der Waals surface area contributed by atoms with Gasteiger partial charge in [0.25, 0.3) is 0 Å². The van der Waals surface area contributed by atoms with Gasteiger partial charge >= 0.3 is 5.97 Å². The minimum Gasteiger partial charge on any atom is -0.480 e. The van der Waals surface area contributed by atoms with E-state index in [9.17, 15) is 4.79 Å². The molecule has 0 heterocycles. The standard InChI is InChI=1S/C12H17NO2/c1-4-13(10(3)12(14)15)11-7-5-9(2)6-8-11/h5-8,10H,4H2,1-3H3,(H,14,15)/t10-/m1/s1. The average Bonchev–Trinajstić information content (AvgIpc) is 2.21. The summed E-state index contributed by atoms with van der Waals surface area (Å²) in [6.07, 6.45) is 0. The van der Waals surface area contributed by atoms with Crippen LogP contribution in [0.5, 0.6) is 0 Å². The molecule has 0 bridgehead atoms. The summed E-state index contributed by atoms with van der Waals surface area (Å²) in [6.45, 7) is 6.36. The Hall–Kier alpha value is -1.51. The number of likely N-dealkylation sites (N-methyl/N-ethyl adjacent to an activating group) is 1. The molecule has 0 amide bonds. The Morgan fingerprint density at radius 1 is 1.40 bits per heavy atom. The van der Waals surface area contributed by atoms with Crippen molar-refractivity contribution in [2.24, 2.45) is 0 Å². The Labute approximate surface area is 90.3 Å². The van der Waals surface area contributed by atoms with Crippen molar-refractivity contribution in [1.29, 1.82) is 0 Å². The number of anilines is 1. The van der Waals surface area contributed by atoms with Gasteiger partial charge in [0, 0.05) is 12.2 Å². The van der Waals surface area contributed by atoms with Crippen LogP contribution in [0.2, 0.25) is 0 Å². The summed E-state index contributed by atoms with van der Waals surface area (Å²) in [5, 5.41) is 8.96. The number of carboxylic acid groups (broad SMARTS) is 1. The van der Waals surface area contributed by atoms with Crippen LogP contribution < -0.4 is 4.90 Å². The smallest absolute Gasteiger partial charge is 0.326 e. The third kappa shape index (κ3) is 2.72. The van der Waals surface area contributed by atoms with Crippen molar-refractivity contribution in [2.45, 2.75) is 26.8 Å². The van der Waals surface area contributed by atoms with Crippen molar-refractivity contribution >= 4 is 11.7 Å². The Balaban J connectivity index is 2.92. The van der Waals surface area contributed by atoms with E-state index >= 15 is 0 Å². The normalized spacial score (nSPS) is 12.2. The highest BCUT2D eigenvalue weighted by molar-refractivity contribution is 5.77. The molecule has 1 aromatic carbocycles. The second-order valence-electron chi connectivity index (χ2n) is 3.64. The van der Waals surface area contributed by atoms with Crippen LogP contribution >= 0.6 is 0 Å². The molecule has 0 fully saturated rings. The van der Waals surface area contributed by atoms with Crippen molar-refractivity contribution < 1.29 is 9.90 Å². The molecule has 0 aliphatic rings. The van der Waals surface area contributed by atoms with Crippen LogP contribution in [0.1, 0.15) is 19.4 Å². The largest absolute Gasteiger partial charge is 0.480 e. The number of benzene rings is 1. The van der Waals surface area contributed by atoms with E-state index in [1.165, 1.54) is 5.56 Å². The fraction of sp³-hybridized carbons (Fsp3) is 0.417. The molecule has 1 atom stereocenters. The number of aliphatic carboxylic acids is 1. The molecule has 0 spiro atoms. The highest BCUT2D eigenvalue weighted by Crippen LogP contribution is 2.17. The number of rotatable bonds is 4. The van der Waals surface area contributed by atoms with E-state index in [1.807, 2.05) is 43.0 Å². The summed E-state index contributed by atoms with van der Waals surface area (Å²) in [6, 6.07) is 7.41. The topological polar surface area (TPSA) is 40.5 Å². The molecule has 0 radical (unpaired) electrons. The Morgan fingerprint density at radius 3 is 2.33 bits per heavy atom. The second kappa shape index (κ2) is 4.82. The second-order valence-corrected chi connectivity index (χ2v) is 3.64. The molecular formula is C12H17NO2. The monoisotopic (exact) mass is 207 g/mol. The third-order valence-corrected chi connectivity index (χ3v) is 2.53. The van der Waals surface area contributed by atoms with Gasteiger partial charge in [-0.25, -0.2) is 4.79 Å². The third-order valence-electron chi connectivity index (χ3n) is 2.53. The Kier molecular flexibility index (Phi) is 3.72. The van der Waals surface area contributed by atoms with Gasteiger partial charge in [0.1, 0.15) is 6.04 Å². The van der Waals surface area contributed by atoms with E-state index in [0.29, 0.717) is 6.54 Å². The predicted molar refractivity (Wildman–Crippen MR) is 61.3 cm³/mol. The number of aryl methyl sites for hydroxylation is 1. The maximum Gasteiger partial charge on any atom is 0.326 e. The van der Waals surface area contributed by atoms with Crippen LogP contribution in [0.4, 0.5) is 5.69 Å². The van der Waals surface area contributed by atoms with E-state index in [2.05, 4.69) is 0 Å². The zero-order valence-electron chi connectivity index (χ0n) is 9.40. The van der Waals surface area contributed by atoms with E-state index in [4.69, 9.17) is 5.11 Å². The fourth-order valence-corrected chi connectivity index (χ4v) is 1.55. The summed E-state index contributed by atoms with van der Waals surface area (Å²) in [5.74, 6) is -0.794. The van der Waals surface area contributed by atoms with Gasteiger partial charge in [0.05, 0.1) is 0 Å². The highest BCUT2D eigenvalue weighted by atomic mass is 16.4. The summed E-state index contributed by atoms with van der Waals surface area (Å²) >= 11 is 0. The molecule has 0 unspecified atom stereocenters. The number of hydrogen-bond acceptors (Lipinski definition) is 2. The van der Waals surface area contributed by atoms with Gasteiger partial charge in [-0.1, -0.05) is 17.7 Å². The number of carbonyl (C=O) groups is 1. The van der Waals surface area contributed by atoms with E-state index in [0.717, 1.165) is 5.69 Å². The molecule has 1 rings (SSSR count). The molecule has 0 saturated heterocycles. The minimum atomic E-state index is -0.794. The molecule has 0 aliphatic carbocycles. The van der Waals surface area contributed by atoms with Crippen LogP contribution in [-0.2, 0) is 4.79 Å². The first-order chi connectivity index (χ1) is 7.06. The summed E-state index contributed by atoms with van der Waals surface area (Å²) in [7, 11) is 0. The molecule has 3 heteroatoms. The van der Waals surface area contributed by atoms with Crippen LogP contribution in [0.3, 0.4) is 0 Å². The average molecular weight is 207 g/mol. The fourth-order valence-electron chi connectivity index (χ4n) is 1.55. The van der Waals surface area contributed by atoms with Gasteiger partial charge in [-0.2, -0.15) is 0 Å². The number of nitrogens with zero attached hydrogens (tertiary/aromatic N) is 1. The lowest BCUT2D eigenvalue weighted by Gasteiger charge is -2.27. The molecular weight excluding hydrogens is 190 g/mol. The van der Waals surface area contributed by atoms with Crippen LogP contribution in [0.15, 0.2) is 24.3 Å². The first-order valence-corrected chi connectivity index (χ1v) is 5.12. The summed E-state index contributed by atoms with van der Waals surface area (Å²) in [5.41, 5.74) is 2.13. The molecule has 3 nitrogen and oxygen atoms in total. The van der Waals surface area contributed by atoms with E-state index < -0.39 is 12.0 Å². The summed E-state index contributed by atoms with van der Waals surface area (Å²) in [4.78, 5) is 12.8. The lowest BCUT2D eigenvalue weighted by atomic mass is 10.2. The van der Waals surface area contributed by atoms with Gasteiger partial charge < -0.3 is 10.0 Å². The Morgan fingerprint density at radius 2 is 1.93 bits per heavy atom. The molecule has 1 aromatic rings.